The molecule has 0 aliphatic heterocycles. The van der Waals surface area contributed by atoms with Gasteiger partial charge in [0.05, 0.1) is 39.2 Å². The first-order chi connectivity index (χ1) is 15.8. The number of nitro groups is 2. The number of hydrogen-bond acceptors (Lipinski definition) is 9. The summed E-state index contributed by atoms with van der Waals surface area (Å²) in [6.07, 6.45) is 1.07. The predicted octanol–water partition coefficient (Wildman–Crippen LogP) is 5.54. The van der Waals surface area contributed by atoms with Gasteiger partial charge in [-0.3, -0.25) is 25.2 Å². The Balaban J connectivity index is 1.69. The molecule has 0 aliphatic rings. The van der Waals surface area contributed by atoms with Crippen molar-refractivity contribution in [2.75, 3.05) is 7.11 Å². The zero-order valence-corrected chi connectivity index (χ0v) is 18.3. The van der Waals surface area contributed by atoms with E-state index in [0.717, 1.165) is 28.4 Å². The van der Waals surface area contributed by atoms with E-state index < -0.39 is 27.0 Å². The molecule has 0 amide bonds. The minimum atomic E-state index is -0.828. The Bertz CT molecular complexity index is 1450. The van der Waals surface area contributed by atoms with E-state index in [1.54, 1.807) is 43.5 Å². The number of phenolic OH excluding ortho intramolecular Hbond substituents is 1. The van der Waals surface area contributed by atoms with Crippen molar-refractivity contribution in [2.45, 2.75) is 0 Å². The van der Waals surface area contributed by atoms with Gasteiger partial charge in [0, 0.05) is 11.8 Å². The van der Waals surface area contributed by atoms with Crippen molar-refractivity contribution in [3.05, 3.63) is 78.8 Å². The summed E-state index contributed by atoms with van der Waals surface area (Å²) in [6, 6.07) is 11.8. The summed E-state index contributed by atoms with van der Waals surface area (Å²) in [5.41, 5.74) is 0.600. The van der Waals surface area contributed by atoms with Gasteiger partial charge in [0.15, 0.2) is 5.58 Å². The second-order valence-electron chi connectivity index (χ2n) is 6.69. The molecule has 0 saturated heterocycles. The van der Waals surface area contributed by atoms with Crippen LogP contribution in [0.1, 0.15) is 5.56 Å². The largest absolute Gasteiger partial charge is 0.507 e. The summed E-state index contributed by atoms with van der Waals surface area (Å²) in [7, 11) is 1.56. The molecule has 12 heteroatoms. The van der Waals surface area contributed by atoms with E-state index in [9.17, 15) is 25.3 Å². The lowest BCUT2D eigenvalue weighted by molar-refractivity contribution is -0.394. The van der Waals surface area contributed by atoms with Gasteiger partial charge < -0.3 is 14.3 Å². The van der Waals surface area contributed by atoms with Crippen LogP contribution in [0.15, 0.2) is 62.4 Å². The molecule has 3 aromatic carbocycles. The molecule has 4 aromatic rings. The van der Waals surface area contributed by atoms with E-state index in [2.05, 4.69) is 25.9 Å². The number of fused-ring (bicyclic) bond motifs is 1. The third-order valence-corrected chi connectivity index (χ3v) is 5.26. The number of phenols is 1. The van der Waals surface area contributed by atoms with Crippen LogP contribution in [0.4, 0.5) is 17.1 Å². The predicted molar refractivity (Wildman–Crippen MR) is 122 cm³/mol. The van der Waals surface area contributed by atoms with E-state index in [1.165, 1.54) is 0 Å². The first-order valence-electron chi connectivity index (χ1n) is 9.21. The third-order valence-electron chi connectivity index (χ3n) is 4.64. The fourth-order valence-corrected chi connectivity index (χ4v) is 3.60. The summed E-state index contributed by atoms with van der Waals surface area (Å²) < 4.78 is 11.7. The number of methoxy groups -OCH3 is 1. The smallest absolute Gasteiger partial charge is 0.288 e. The van der Waals surface area contributed by atoms with Crippen LogP contribution >= 0.6 is 15.9 Å². The monoisotopic (exact) mass is 512 g/mol. The Hall–Kier alpha value is -4.32. The SMILES string of the molecule is COc1ccc(-c2nc3cc(N=Cc4c(O)cc([N+](=O)[O-])cc4[N+](=O)[O-])ccc3o2)cc1Br. The zero-order chi connectivity index (χ0) is 23.7. The van der Waals surface area contributed by atoms with Crippen LogP contribution in [0.5, 0.6) is 11.5 Å². The summed E-state index contributed by atoms with van der Waals surface area (Å²) in [6.45, 7) is 0. The number of ether oxygens (including phenoxy) is 1. The van der Waals surface area contributed by atoms with Crippen molar-refractivity contribution in [1.82, 2.24) is 4.98 Å². The topological polar surface area (TPSA) is 154 Å². The average Bonchev–Trinajstić information content (AvgIpc) is 3.21. The van der Waals surface area contributed by atoms with Crippen LogP contribution < -0.4 is 4.74 Å². The fraction of sp³-hybridized carbons (Fsp3) is 0.0476. The van der Waals surface area contributed by atoms with Gasteiger partial charge in [0.2, 0.25) is 5.89 Å². The molecule has 4 rings (SSSR count). The second-order valence-corrected chi connectivity index (χ2v) is 7.54. The number of halogens is 1. The molecule has 0 unspecified atom stereocenters. The van der Waals surface area contributed by atoms with Crippen LogP contribution in [-0.4, -0.2) is 33.3 Å². The third kappa shape index (κ3) is 4.36. The Morgan fingerprint density at radius 1 is 1.12 bits per heavy atom. The number of oxazole rings is 1. The molecule has 1 N–H and O–H groups in total. The number of benzene rings is 3. The number of hydrogen-bond donors (Lipinski definition) is 1. The van der Waals surface area contributed by atoms with Gasteiger partial charge >= 0.3 is 0 Å². The molecule has 0 atom stereocenters. The number of aromatic nitrogens is 1. The van der Waals surface area contributed by atoms with Crippen molar-refractivity contribution in [3.8, 4) is 23.0 Å². The molecular formula is C21H13BrN4O7. The average molecular weight is 513 g/mol. The molecule has 166 valence electrons. The molecule has 1 heterocycles. The van der Waals surface area contributed by atoms with Gasteiger partial charge in [-0.1, -0.05) is 0 Å². The van der Waals surface area contributed by atoms with E-state index in [4.69, 9.17) is 9.15 Å². The highest BCUT2D eigenvalue weighted by molar-refractivity contribution is 9.10. The molecule has 0 saturated carbocycles. The first-order valence-corrected chi connectivity index (χ1v) is 10.0. The minimum absolute atomic E-state index is 0.255. The number of nitro benzene ring substituents is 2. The molecule has 0 spiro atoms. The van der Waals surface area contributed by atoms with Crippen LogP contribution in [-0.2, 0) is 0 Å². The lowest BCUT2D eigenvalue weighted by Crippen LogP contribution is -1.98. The maximum Gasteiger partial charge on any atom is 0.288 e. The van der Waals surface area contributed by atoms with Crippen LogP contribution in [0.3, 0.4) is 0 Å². The van der Waals surface area contributed by atoms with Gasteiger partial charge in [-0.25, -0.2) is 4.98 Å². The summed E-state index contributed by atoms with van der Waals surface area (Å²) in [5.74, 6) is 0.405. The standard InChI is InChI=1S/C21H13BrN4O7/c1-32-19-4-2-11(6-15(19)22)21-24-16-7-12(3-5-20(16)33-21)23-10-14-17(26(30)31)8-13(25(28)29)9-18(14)27/h2-10,27H,1H3. The quantitative estimate of drug-likeness (QED) is 0.200. The molecule has 33 heavy (non-hydrogen) atoms. The molecule has 0 radical (unpaired) electrons. The Labute approximate surface area is 193 Å². The van der Waals surface area contributed by atoms with Gasteiger partial charge in [-0.05, 0) is 52.3 Å². The van der Waals surface area contributed by atoms with Crippen LogP contribution in [0, 0.1) is 20.2 Å². The summed E-state index contributed by atoms with van der Waals surface area (Å²) >= 11 is 3.42. The van der Waals surface area contributed by atoms with Crippen molar-refractivity contribution in [2.24, 2.45) is 4.99 Å². The van der Waals surface area contributed by atoms with Crippen molar-refractivity contribution in [3.63, 3.8) is 0 Å². The number of nitrogens with zero attached hydrogens (tertiary/aromatic N) is 4. The maximum absolute atomic E-state index is 11.3. The molecule has 0 fully saturated rings. The highest BCUT2D eigenvalue weighted by Gasteiger charge is 2.23. The van der Waals surface area contributed by atoms with Gasteiger partial charge in [0.25, 0.3) is 11.4 Å². The van der Waals surface area contributed by atoms with Crippen molar-refractivity contribution in [1.29, 1.82) is 0 Å². The van der Waals surface area contributed by atoms with E-state index >= 15 is 0 Å². The van der Waals surface area contributed by atoms with E-state index in [0.29, 0.717) is 28.4 Å². The highest BCUT2D eigenvalue weighted by atomic mass is 79.9. The summed E-state index contributed by atoms with van der Waals surface area (Å²) in [5, 5.41) is 32.3. The molecular weight excluding hydrogens is 500 g/mol. The van der Waals surface area contributed by atoms with Crippen LogP contribution in [0.25, 0.3) is 22.6 Å². The fourth-order valence-electron chi connectivity index (χ4n) is 3.06. The molecule has 0 bridgehead atoms. The Morgan fingerprint density at radius 2 is 1.91 bits per heavy atom. The van der Waals surface area contributed by atoms with Gasteiger partial charge in [-0.2, -0.15) is 0 Å². The number of aliphatic imine (C=N–C) groups is 1. The van der Waals surface area contributed by atoms with Crippen molar-refractivity contribution >= 4 is 50.3 Å². The van der Waals surface area contributed by atoms with E-state index in [1.807, 2.05) is 0 Å². The van der Waals surface area contributed by atoms with Gasteiger partial charge in [0.1, 0.15) is 22.6 Å². The summed E-state index contributed by atoms with van der Waals surface area (Å²) in [4.78, 5) is 29.2. The van der Waals surface area contributed by atoms with E-state index in [-0.39, 0.29) is 5.56 Å². The zero-order valence-electron chi connectivity index (χ0n) is 16.8. The molecule has 11 nitrogen and oxygen atoms in total. The normalized spacial score (nSPS) is 11.2. The lowest BCUT2D eigenvalue weighted by atomic mass is 10.1. The molecule has 0 aliphatic carbocycles. The highest BCUT2D eigenvalue weighted by Crippen LogP contribution is 2.34. The number of rotatable bonds is 6. The molecule has 1 aromatic heterocycles. The number of non-ortho nitro benzene ring substituents is 1. The second kappa shape index (κ2) is 8.67. The van der Waals surface area contributed by atoms with Crippen LogP contribution in [0.2, 0.25) is 0 Å². The number of aromatic hydroxyl groups is 1. The first kappa shape index (κ1) is 21.9. The maximum atomic E-state index is 11.3. The minimum Gasteiger partial charge on any atom is -0.507 e. The Kier molecular flexibility index (Phi) is 5.75. The van der Waals surface area contributed by atoms with Gasteiger partial charge in [-0.15, -0.1) is 0 Å². The van der Waals surface area contributed by atoms with Crippen molar-refractivity contribution < 1.29 is 24.1 Å². The Morgan fingerprint density at radius 3 is 2.58 bits per heavy atom. The lowest BCUT2D eigenvalue weighted by Gasteiger charge is -2.03.